The van der Waals surface area contributed by atoms with Gasteiger partial charge in [0.25, 0.3) is 0 Å². The second kappa shape index (κ2) is 7.53. The second-order valence-corrected chi connectivity index (χ2v) is 8.61. The van der Waals surface area contributed by atoms with Gasteiger partial charge in [-0.1, -0.05) is 36.4 Å². The predicted molar refractivity (Wildman–Crippen MR) is 92.6 cm³/mol. The third kappa shape index (κ3) is 3.37. The molecule has 0 fully saturated rings. The highest BCUT2D eigenvalue weighted by Gasteiger charge is 2.53. The number of carbonyl (C=O) groups excluding carboxylic acids is 1. The maximum absolute atomic E-state index is 13.0. The van der Waals surface area contributed by atoms with Crippen molar-refractivity contribution < 1.29 is 14.3 Å². The van der Waals surface area contributed by atoms with Crippen molar-refractivity contribution in [3.63, 3.8) is 0 Å². The van der Waals surface area contributed by atoms with Crippen LogP contribution in [0.15, 0.2) is 60.7 Å². The summed E-state index contributed by atoms with van der Waals surface area (Å²) < 4.78 is 11.1. The number of carbonyl (C=O) groups is 1. The van der Waals surface area contributed by atoms with Gasteiger partial charge in [-0.2, -0.15) is 0 Å². The Morgan fingerprint density at radius 1 is 0.955 bits per heavy atom. The van der Waals surface area contributed by atoms with Crippen LogP contribution in [0.2, 0.25) is 0 Å². The van der Waals surface area contributed by atoms with Gasteiger partial charge in [-0.05, 0) is 38.1 Å². The molecular weight excluding hydrogens is 295 g/mol. The first-order valence-electron chi connectivity index (χ1n) is 7.30. The fourth-order valence-corrected chi connectivity index (χ4v) is 5.68. The van der Waals surface area contributed by atoms with Gasteiger partial charge < -0.3 is 9.47 Å². The zero-order valence-corrected chi connectivity index (χ0v) is 14.1. The summed E-state index contributed by atoms with van der Waals surface area (Å²) in [6.45, 7) is 3.74. The van der Waals surface area contributed by atoms with Crippen molar-refractivity contribution >= 4 is 23.6 Å². The molecule has 0 aromatic heterocycles. The van der Waals surface area contributed by atoms with Crippen molar-refractivity contribution in [2.75, 3.05) is 13.5 Å². The molecule has 0 heterocycles. The van der Waals surface area contributed by atoms with Crippen LogP contribution < -0.4 is 10.6 Å². The smallest absolute Gasteiger partial charge is 0.433 e. The Kier molecular flexibility index (Phi) is 5.70. The molecule has 0 unspecified atom stereocenters. The maximum atomic E-state index is 13.0. The standard InChI is InChI=1S/C18H22O3P/c1-15(2)21-18(19)22(14-20-3,16-10-6-4-7-11-16)17-12-8-5-9-13-17/h4-13,15H,14H2,1-3H3/q+1. The lowest BCUT2D eigenvalue weighted by Gasteiger charge is -2.24. The molecule has 4 heteroatoms. The average Bonchev–Trinajstić information content (AvgIpc) is 2.53. The van der Waals surface area contributed by atoms with E-state index in [0.717, 1.165) is 10.6 Å². The van der Waals surface area contributed by atoms with Gasteiger partial charge in [0, 0.05) is 7.11 Å². The van der Waals surface area contributed by atoms with Gasteiger partial charge in [0.05, 0.1) is 6.10 Å². The molecule has 116 valence electrons. The molecule has 0 saturated heterocycles. The van der Waals surface area contributed by atoms with Crippen molar-refractivity contribution in [2.45, 2.75) is 20.0 Å². The van der Waals surface area contributed by atoms with E-state index in [-0.39, 0.29) is 11.8 Å². The minimum absolute atomic E-state index is 0.156. The van der Waals surface area contributed by atoms with Crippen LogP contribution in [-0.2, 0) is 9.47 Å². The lowest BCUT2D eigenvalue weighted by atomic mass is 10.4. The van der Waals surface area contributed by atoms with Crippen LogP contribution in [0.25, 0.3) is 0 Å². The number of hydrogen-bond donors (Lipinski definition) is 0. The van der Waals surface area contributed by atoms with Crippen molar-refractivity contribution in [3.05, 3.63) is 60.7 Å². The number of benzene rings is 2. The van der Waals surface area contributed by atoms with Crippen LogP contribution in [0, 0.1) is 0 Å². The number of ether oxygens (including phenoxy) is 2. The van der Waals surface area contributed by atoms with Gasteiger partial charge in [0.2, 0.25) is 7.26 Å². The van der Waals surface area contributed by atoms with Gasteiger partial charge in [0.1, 0.15) is 10.6 Å². The summed E-state index contributed by atoms with van der Waals surface area (Å²) in [6, 6.07) is 19.6. The van der Waals surface area contributed by atoms with Gasteiger partial charge in [-0.25, -0.2) is 4.79 Å². The van der Waals surface area contributed by atoms with E-state index in [0.29, 0.717) is 6.35 Å². The molecule has 0 amide bonds. The van der Waals surface area contributed by atoms with Crippen LogP contribution in [0.4, 0.5) is 4.79 Å². The van der Waals surface area contributed by atoms with Crippen LogP contribution in [0.5, 0.6) is 0 Å². The first-order valence-corrected chi connectivity index (χ1v) is 9.28. The lowest BCUT2D eigenvalue weighted by molar-refractivity contribution is 0.140. The molecule has 0 N–H and O–H groups in total. The Morgan fingerprint density at radius 2 is 1.41 bits per heavy atom. The summed E-state index contributed by atoms with van der Waals surface area (Å²) in [5.41, 5.74) is -0.179. The van der Waals surface area contributed by atoms with Crippen LogP contribution in [-0.4, -0.2) is 25.3 Å². The summed E-state index contributed by atoms with van der Waals surface area (Å²) >= 11 is 0. The molecule has 0 bridgehead atoms. The number of methoxy groups -OCH3 is 1. The van der Waals surface area contributed by atoms with E-state index in [1.54, 1.807) is 7.11 Å². The van der Waals surface area contributed by atoms with Gasteiger partial charge >= 0.3 is 5.71 Å². The van der Waals surface area contributed by atoms with E-state index in [9.17, 15) is 4.79 Å². The quantitative estimate of drug-likeness (QED) is 0.760. The van der Waals surface area contributed by atoms with Crippen molar-refractivity contribution in [2.24, 2.45) is 0 Å². The Bertz CT molecular complexity index is 557. The van der Waals surface area contributed by atoms with E-state index >= 15 is 0 Å². The Balaban J connectivity index is 2.62. The predicted octanol–water partition coefficient (Wildman–Crippen LogP) is 3.80. The van der Waals surface area contributed by atoms with E-state index in [2.05, 4.69) is 0 Å². The molecule has 3 nitrogen and oxygen atoms in total. The van der Waals surface area contributed by atoms with Gasteiger partial charge in [-0.15, -0.1) is 0 Å². The van der Waals surface area contributed by atoms with E-state index in [4.69, 9.17) is 9.47 Å². The van der Waals surface area contributed by atoms with Crippen LogP contribution in [0.3, 0.4) is 0 Å². The first kappa shape index (κ1) is 16.7. The zero-order chi connectivity index (χ0) is 16.0. The fourth-order valence-electron chi connectivity index (χ4n) is 2.41. The molecule has 0 aliphatic rings. The molecular formula is C18H22O3P+. The van der Waals surface area contributed by atoms with Crippen molar-refractivity contribution in [3.8, 4) is 0 Å². The van der Waals surface area contributed by atoms with E-state index in [1.165, 1.54) is 0 Å². The molecule has 0 saturated carbocycles. The SMILES string of the molecule is COC[P+](C(=O)OC(C)C)(c1ccccc1)c1ccccc1. The molecule has 0 radical (unpaired) electrons. The van der Waals surface area contributed by atoms with Gasteiger partial charge in [-0.3, -0.25) is 0 Å². The fraction of sp³-hybridized carbons (Fsp3) is 0.278. The minimum atomic E-state index is -2.43. The lowest BCUT2D eigenvalue weighted by Crippen LogP contribution is -2.33. The van der Waals surface area contributed by atoms with E-state index in [1.807, 2.05) is 74.5 Å². The molecule has 0 spiro atoms. The highest BCUT2D eigenvalue weighted by Crippen LogP contribution is 2.58. The summed E-state index contributed by atoms with van der Waals surface area (Å²) in [5, 5.41) is 1.96. The Labute approximate surface area is 132 Å². The Hall–Kier alpha value is -1.70. The van der Waals surface area contributed by atoms with Crippen molar-refractivity contribution in [1.82, 2.24) is 0 Å². The maximum Gasteiger partial charge on any atom is 0.464 e. The molecule has 2 rings (SSSR count). The molecule has 0 aliphatic carbocycles. The molecule has 2 aromatic rings. The topological polar surface area (TPSA) is 35.5 Å². The normalized spacial score (nSPS) is 11.5. The monoisotopic (exact) mass is 317 g/mol. The summed E-state index contributed by atoms with van der Waals surface area (Å²) in [6.07, 6.45) is 0.184. The second-order valence-electron chi connectivity index (χ2n) is 5.33. The summed E-state index contributed by atoms with van der Waals surface area (Å²) in [4.78, 5) is 13.0. The highest BCUT2D eigenvalue weighted by molar-refractivity contribution is 8.02. The molecule has 2 aromatic carbocycles. The third-order valence-electron chi connectivity index (χ3n) is 3.36. The number of rotatable bonds is 6. The number of hydrogen-bond acceptors (Lipinski definition) is 3. The summed E-state index contributed by atoms with van der Waals surface area (Å²) in [5.74, 6) is 0. The van der Waals surface area contributed by atoms with Crippen LogP contribution in [0.1, 0.15) is 13.8 Å². The largest absolute Gasteiger partial charge is 0.464 e. The van der Waals surface area contributed by atoms with Gasteiger partial charge in [0.15, 0.2) is 6.35 Å². The third-order valence-corrected chi connectivity index (χ3v) is 7.10. The van der Waals surface area contributed by atoms with Crippen LogP contribution >= 0.6 is 7.26 Å². The molecule has 0 atom stereocenters. The Morgan fingerprint density at radius 3 is 1.77 bits per heavy atom. The van der Waals surface area contributed by atoms with Crippen molar-refractivity contribution in [1.29, 1.82) is 0 Å². The molecule has 0 aliphatic heterocycles. The first-order chi connectivity index (χ1) is 10.6. The minimum Gasteiger partial charge on any atom is -0.433 e. The molecule has 22 heavy (non-hydrogen) atoms. The zero-order valence-electron chi connectivity index (χ0n) is 13.2. The van der Waals surface area contributed by atoms with E-state index < -0.39 is 7.26 Å². The highest BCUT2D eigenvalue weighted by atomic mass is 31.2. The summed E-state index contributed by atoms with van der Waals surface area (Å²) in [7, 11) is -0.801. The average molecular weight is 317 g/mol.